The normalized spacial score (nSPS) is 12.2. The first-order chi connectivity index (χ1) is 4.70. The van der Waals surface area contributed by atoms with E-state index in [1.54, 1.807) is 0 Å². The SMILES string of the molecule is C=CC(=O)OC(C)CCC. The highest BCUT2D eigenvalue weighted by Crippen LogP contribution is 2.00. The molecule has 0 N–H and O–H groups in total. The van der Waals surface area contributed by atoms with Gasteiger partial charge in [-0.1, -0.05) is 19.9 Å². The van der Waals surface area contributed by atoms with Crippen LogP contribution < -0.4 is 0 Å². The number of hydrogen-bond acceptors (Lipinski definition) is 2. The molecule has 2 nitrogen and oxygen atoms in total. The third-order valence-corrected chi connectivity index (χ3v) is 1.18. The summed E-state index contributed by atoms with van der Waals surface area (Å²) in [4.78, 5) is 10.6. The Hall–Kier alpha value is -0.790. The molecule has 1 unspecified atom stereocenters. The van der Waals surface area contributed by atoms with E-state index in [2.05, 4.69) is 13.5 Å². The van der Waals surface area contributed by atoms with Gasteiger partial charge in [0, 0.05) is 6.08 Å². The van der Waals surface area contributed by atoms with Gasteiger partial charge in [0.25, 0.3) is 0 Å². The van der Waals surface area contributed by atoms with Gasteiger partial charge in [-0.2, -0.15) is 0 Å². The Morgan fingerprint density at radius 2 is 2.40 bits per heavy atom. The standard InChI is InChI=1S/C8H14O2/c1-4-6-7(3)10-8(9)5-2/h5,7H,2,4,6H2,1,3H3. The lowest BCUT2D eigenvalue weighted by Gasteiger charge is -2.09. The van der Waals surface area contributed by atoms with Crippen molar-refractivity contribution in [3.05, 3.63) is 12.7 Å². The number of carbonyl (C=O) groups excluding carboxylic acids is 1. The minimum atomic E-state index is -0.332. The molecule has 1 atom stereocenters. The van der Waals surface area contributed by atoms with E-state index in [1.165, 1.54) is 6.08 Å². The van der Waals surface area contributed by atoms with Crippen LogP contribution in [0.3, 0.4) is 0 Å². The van der Waals surface area contributed by atoms with Gasteiger partial charge in [0.2, 0.25) is 0 Å². The molecule has 0 aliphatic rings. The molecule has 0 spiro atoms. The molecule has 58 valence electrons. The van der Waals surface area contributed by atoms with Crippen molar-refractivity contribution >= 4 is 5.97 Å². The Bertz CT molecular complexity index is 118. The quantitative estimate of drug-likeness (QED) is 0.442. The first-order valence-corrected chi connectivity index (χ1v) is 3.53. The second kappa shape index (κ2) is 5.03. The number of carbonyl (C=O) groups is 1. The third-order valence-electron chi connectivity index (χ3n) is 1.18. The Kier molecular flexibility index (Phi) is 4.63. The van der Waals surface area contributed by atoms with Crippen molar-refractivity contribution in [2.24, 2.45) is 0 Å². The van der Waals surface area contributed by atoms with E-state index >= 15 is 0 Å². The molecule has 0 heterocycles. The monoisotopic (exact) mass is 142 g/mol. The summed E-state index contributed by atoms with van der Waals surface area (Å²) in [6.45, 7) is 7.23. The van der Waals surface area contributed by atoms with Gasteiger partial charge >= 0.3 is 5.97 Å². The molecule has 0 aromatic carbocycles. The van der Waals surface area contributed by atoms with E-state index in [0.29, 0.717) is 0 Å². The van der Waals surface area contributed by atoms with Crippen LogP contribution in [0.2, 0.25) is 0 Å². The molecule has 0 saturated carbocycles. The lowest BCUT2D eigenvalue weighted by Crippen LogP contribution is -2.11. The van der Waals surface area contributed by atoms with E-state index in [-0.39, 0.29) is 12.1 Å². The maximum Gasteiger partial charge on any atom is 0.330 e. The molecule has 0 saturated heterocycles. The molecule has 0 bridgehead atoms. The van der Waals surface area contributed by atoms with Crippen molar-refractivity contribution in [1.82, 2.24) is 0 Å². The van der Waals surface area contributed by atoms with Crippen LogP contribution in [0.1, 0.15) is 26.7 Å². The summed E-state index contributed by atoms with van der Waals surface area (Å²) in [5, 5.41) is 0. The van der Waals surface area contributed by atoms with E-state index in [4.69, 9.17) is 4.74 Å². The molecular weight excluding hydrogens is 128 g/mol. The first-order valence-electron chi connectivity index (χ1n) is 3.53. The van der Waals surface area contributed by atoms with Crippen molar-refractivity contribution in [2.45, 2.75) is 32.8 Å². The topological polar surface area (TPSA) is 26.3 Å². The highest BCUT2D eigenvalue weighted by molar-refractivity contribution is 5.81. The Morgan fingerprint density at radius 1 is 1.80 bits per heavy atom. The maximum atomic E-state index is 10.6. The fourth-order valence-electron chi connectivity index (χ4n) is 0.712. The maximum absolute atomic E-state index is 10.6. The van der Waals surface area contributed by atoms with Crippen LogP contribution in [0, 0.1) is 0 Å². The zero-order valence-corrected chi connectivity index (χ0v) is 6.59. The molecular formula is C8H14O2. The number of rotatable bonds is 4. The Balaban J connectivity index is 3.46. The first kappa shape index (κ1) is 9.21. The summed E-state index contributed by atoms with van der Waals surface area (Å²) < 4.78 is 4.88. The van der Waals surface area contributed by atoms with Gasteiger partial charge in [-0.25, -0.2) is 4.79 Å². The highest BCUT2D eigenvalue weighted by atomic mass is 16.5. The summed E-state index contributed by atoms with van der Waals surface area (Å²) >= 11 is 0. The molecule has 0 aromatic heterocycles. The summed E-state index contributed by atoms with van der Waals surface area (Å²) in [6, 6.07) is 0. The van der Waals surface area contributed by atoms with E-state index in [9.17, 15) is 4.79 Å². The van der Waals surface area contributed by atoms with Crippen molar-refractivity contribution < 1.29 is 9.53 Å². The highest BCUT2D eigenvalue weighted by Gasteiger charge is 2.03. The molecule has 0 aliphatic heterocycles. The average Bonchev–Trinajstić information content (AvgIpc) is 1.88. The van der Waals surface area contributed by atoms with E-state index in [0.717, 1.165) is 12.8 Å². The second-order valence-electron chi connectivity index (χ2n) is 2.24. The van der Waals surface area contributed by atoms with Gasteiger partial charge < -0.3 is 4.74 Å². The minimum absolute atomic E-state index is 0.0236. The van der Waals surface area contributed by atoms with Crippen LogP contribution in [0.4, 0.5) is 0 Å². The molecule has 0 amide bonds. The van der Waals surface area contributed by atoms with Crippen molar-refractivity contribution in [1.29, 1.82) is 0 Å². The number of hydrogen-bond donors (Lipinski definition) is 0. The Morgan fingerprint density at radius 3 is 2.80 bits per heavy atom. The number of esters is 1. The van der Waals surface area contributed by atoms with Crippen LogP contribution in [0.15, 0.2) is 12.7 Å². The molecule has 0 radical (unpaired) electrons. The lowest BCUT2D eigenvalue weighted by atomic mass is 10.2. The summed E-state index contributed by atoms with van der Waals surface area (Å²) in [7, 11) is 0. The molecule has 0 fully saturated rings. The van der Waals surface area contributed by atoms with Gasteiger partial charge in [-0.3, -0.25) is 0 Å². The molecule has 0 rings (SSSR count). The van der Waals surface area contributed by atoms with E-state index in [1.807, 2.05) is 6.92 Å². The predicted molar refractivity (Wildman–Crippen MR) is 40.7 cm³/mol. The summed E-state index contributed by atoms with van der Waals surface area (Å²) in [5.41, 5.74) is 0. The Labute approximate surface area is 61.9 Å². The molecule has 0 aromatic rings. The zero-order chi connectivity index (χ0) is 7.98. The minimum Gasteiger partial charge on any atom is -0.460 e. The molecule has 0 aliphatic carbocycles. The van der Waals surface area contributed by atoms with Crippen molar-refractivity contribution in [2.75, 3.05) is 0 Å². The number of ether oxygens (including phenoxy) is 1. The predicted octanol–water partition coefficient (Wildman–Crippen LogP) is 1.90. The smallest absolute Gasteiger partial charge is 0.330 e. The van der Waals surface area contributed by atoms with Gasteiger partial charge in [0.15, 0.2) is 0 Å². The van der Waals surface area contributed by atoms with Crippen LogP contribution in [-0.2, 0) is 9.53 Å². The summed E-state index contributed by atoms with van der Waals surface area (Å²) in [5.74, 6) is -0.332. The van der Waals surface area contributed by atoms with E-state index < -0.39 is 0 Å². The summed E-state index contributed by atoms with van der Waals surface area (Å²) in [6.07, 6.45) is 3.16. The van der Waals surface area contributed by atoms with Crippen molar-refractivity contribution in [3.8, 4) is 0 Å². The van der Waals surface area contributed by atoms with Gasteiger partial charge in [-0.05, 0) is 13.3 Å². The lowest BCUT2D eigenvalue weighted by molar-refractivity contribution is -0.142. The largest absolute Gasteiger partial charge is 0.460 e. The van der Waals surface area contributed by atoms with Crippen LogP contribution in [-0.4, -0.2) is 12.1 Å². The van der Waals surface area contributed by atoms with Gasteiger partial charge in [-0.15, -0.1) is 0 Å². The zero-order valence-electron chi connectivity index (χ0n) is 6.59. The van der Waals surface area contributed by atoms with Crippen LogP contribution in [0.5, 0.6) is 0 Å². The van der Waals surface area contributed by atoms with Gasteiger partial charge in [0.1, 0.15) is 0 Å². The molecule has 10 heavy (non-hydrogen) atoms. The second-order valence-corrected chi connectivity index (χ2v) is 2.24. The van der Waals surface area contributed by atoms with Crippen LogP contribution in [0.25, 0.3) is 0 Å². The van der Waals surface area contributed by atoms with Crippen molar-refractivity contribution in [3.63, 3.8) is 0 Å². The third kappa shape index (κ3) is 4.13. The molecule has 2 heteroatoms. The fourth-order valence-corrected chi connectivity index (χ4v) is 0.712. The van der Waals surface area contributed by atoms with Gasteiger partial charge in [0.05, 0.1) is 6.10 Å². The van der Waals surface area contributed by atoms with Crippen LogP contribution >= 0.6 is 0 Å². The average molecular weight is 142 g/mol. The fraction of sp³-hybridized carbons (Fsp3) is 0.625.